The van der Waals surface area contributed by atoms with Gasteiger partial charge >= 0.3 is 12.4 Å². The number of ketones is 1. The van der Waals surface area contributed by atoms with Crippen LogP contribution >= 0.6 is 0 Å². The maximum atomic E-state index is 15.1. The molecule has 0 aliphatic carbocycles. The monoisotopic (exact) mass is 880 g/mol. The number of rotatable bonds is 14. The summed E-state index contributed by atoms with van der Waals surface area (Å²) in [5.41, 5.74) is -2.44. The van der Waals surface area contributed by atoms with Gasteiger partial charge in [-0.1, -0.05) is 84.9 Å². The van der Waals surface area contributed by atoms with Gasteiger partial charge in [-0.3, -0.25) is 4.79 Å². The van der Waals surface area contributed by atoms with Crippen LogP contribution in [0.5, 0.6) is 0 Å². The molecule has 0 spiro atoms. The van der Waals surface area contributed by atoms with Crippen molar-refractivity contribution in [3.05, 3.63) is 155 Å². The number of alkyl halides is 6. The molecule has 0 radical (unpaired) electrons. The molecule has 2 aromatic heterocycles. The Morgan fingerprint density at radius 3 is 1.17 bits per heavy atom. The number of halogens is 6. The number of carbonyl (C=O) groups is 1. The maximum absolute atomic E-state index is 15.1. The predicted octanol–water partition coefficient (Wildman–Crippen LogP) is 8.50. The van der Waals surface area contributed by atoms with E-state index in [0.29, 0.717) is 62.5 Å². The molecule has 0 saturated carbocycles. The van der Waals surface area contributed by atoms with E-state index in [4.69, 9.17) is 0 Å². The van der Waals surface area contributed by atoms with Crippen molar-refractivity contribution in [2.45, 2.75) is 25.2 Å². The van der Waals surface area contributed by atoms with Crippen LogP contribution in [0.1, 0.15) is 38.2 Å². The minimum Gasteiger partial charge on any atom is -0.368 e. The number of benzene rings is 4. The molecule has 64 heavy (non-hydrogen) atoms. The topological polar surface area (TPSA) is 106 Å². The van der Waals surface area contributed by atoms with E-state index in [1.165, 1.54) is 45.2 Å². The summed E-state index contributed by atoms with van der Waals surface area (Å²) in [6.45, 7) is 3.03. The van der Waals surface area contributed by atoms with Crippen LogP contribution in [0.4, 0.5) is 61.0 Å². The molecule has 0 atom stereocenters. The predicted molar refractivity (Wildman–Crippen MR) is 237 cm³/mol. The zero-order chi connectivity index (χ0) is 44.7. The number of nitrogens with one attached hydrogen (secondary N) is 2. The first-order valence-electron chi connectivity index (χ1n) is 21.1. The third-order valence-corrected chi connectivity index (χ3v) is 11.5. The zero-order valence-electron chi connectivity index (χ0n) is 34.8. The highest BCUT2D eigenvalue weighted by atomic mass is 19.4. The Bertz CT molecular complexity index is 2300. The average Bonchev–Trinajstić information content (AvgIpc) is 3.31. The van der Waals surface area contributed by atoms with Gasteiger partial charge in [-0.05, 0) is 60.4 Å². The molecule has 11 nitrogen and oxygen atoms in total. The molecule has 4 heterocycles. The van der Waals surface area contributed by atoms with Gasteiger partial charge in [-0.25, -0.2) is 0 Å². The lowest BCUT2D eigenvalue weighted by molar-refractivity contribution is -0.137. The third-order valence-electron chi connectivity index (χ3n) is 11.5. The minimum absolute atomic E-state index is 0.135. The van der Waals surface area contributed by atoms with Crippen molar-refractivity contribution in [3.63, 3.8) is 0 Å². The third kappa shape index (κ3) is 10.3. The Morgan fingerprint density at radius 2 is 0.828 bits per heavy atom. The number of anilines is 6. The van der Waals surface area contributed by atoms with E-state index in [9.17, 15) is 4.79 Å². The summed E-state index contributed by atoms with van der Waals surface area (Å²) in [4.78, 5) is 21.0. The van der Waals surface area contributed by atoms with Gasteiger partial charge in [0.2, 0.25) is 0 Å². The molecule has 8 rings (SSSR count). The summed E-state index contributed by atoms with van der Waals surface area (Å²) in [5, 5.41) is 23.7. The summed E-state index contributed by atoms with van der Waals surface area (Å²) in [5.74, 6) is 0.931. The van der Waals surface area contributed by atoms with E-state index in [1.54, 1.807) is 24.3 Å². The second-order valence-corrected chi connectivity index (χ2v) is 15.6. The standard InChI is InChI=1S/C47H46F6N10O/c48-46(49,50)43-35(13-7-15-37(43)60-25-29-62(30-26-60)41-19-17-39(56-58-41)54-23-21-33-9-3-1-4-10-33)45(64)36-14-8-16-38(44(36)47(51,52)53)61-27-31-63(32-28-61)42-20-18-40(57-59-42)55-24-22-34-11-5-2-6-12-34/h1-20H,21-32H2,(H,54,56)(H,55,57). The van der Waals surface area contributed by atoms with E-state index in [2.05, 4.69) is 31.0 Å². The minimum atomic E-state index is -5.06. The van der Waals surface area contributed by atoms with Gasteiger partial charge in [0.1, 0.15) is 11.6 Å². The first-order chi connectivity index (χ1) is 30.9. The number of piperazine rings is 2. The fourth-order valence-electron chi connectivity index (χ4n) is 8.22. The van der Waals surface area contributed by atoms with Crippen LogP contribution in [-0.4, -0.2) is 91.6 Å². The highest BCUT2D eigenvalue weighted by Gasteiger charge is 2.44. The molecule has 2 saturated heterocycles. The zero-order valence-corrected chi connectivity index (χ0v) is 34.8. The van der Waals surface area contributed by atoms with Gasteiger partial charge < -0.3 is 30.2 Å². The van der Waals surface area contributed by atoms with Crippen molar-refractivity contribution >= 4 is 40.4 Å². The smallest absolute Gasteiger partial charge is 0.368 e. The Hall–Kier alpha value is -6.91. The number of nitrogens with zero attached hydrogens (tertiary/aromatic N) is 8. The fraction of sp³-hybridized carbons (Fsp3) is 0.298. The molecule has 2 fully saturated rings. The summed E-state index contributed by atoms with van der Waals surface area (Å²) in [6.07, 6.45) is -8.51. The largest absolute Gasteiger partial charge is 0.419 e. The molecule has 0 unspecified atom stereocenters. The number of carbonyl (C=O) groups excluding carboxylic acids is 1. The normalized spacial score (nSPS) is 14.7. The van der Waals surface area contributed by atoms with Crippen molar-refractivity contribution in [2.24, 2.45) is 0 Å². The summed E-state index contributed by atoms with van der Waals surface area (Å²) < 4.78 is 90.4. The molecule has 6 aromatic rings. The van der Waals surface area contributed by atoms with Crippen LogP contribution in [0.2, 0.25) is 0 Å². The Kier molecular flexibility index (Phi) is 13.1. The highest BCUT2D eigenvalue weighted by Crippen LogP contribution is 2.44. The number of aromatic nitrogens is 4. The van der Waals surface area contributed by atoms with Crippen molar-refractivity contribution in [1.82, 2.24) is 20.4 Å². The summed E-state index contributed by atoms with van der Waals surface area (Å²) in [7, 11) is 0. The van der Waals surface area contributed by atoms with Crippen molar-refractivity contribution in [1.29, 1.82) is 0 Å². The summed E-state index contributed by atoms with van der Waals surface area (Å²) in [6, 6.07) is 34.1. The van der Waals surface area contributed by atoms with E-state index in [0.717, 1.165) is 25.0 Å². The molecular formula is C47H46F6N10O. The Balaban J connectivity index is 0.936. The van der Waals surface area contributed by atoms with Crippen LogP contribution in [0.25, 0.3) is 0 Å². The molecule has 2 aliphatic rings. The molecule has 4 aromatic carbocycles. The van der Waals surface area contributed by atoms with Crippen LogP contribution in [0.3, 0.4) is 0 Å². The maximum Gasteiger partial charge on any atom is 0.419 e. The molecular weight excluding hydrogens is 835 g/mol. The summed E-state index contributed by atoms with van der Waals surface area (Å²) >= 11 is 0. The second kappa shape index (κ2) is 19.2. The lowest BCUT2D eigenvalue weighted by Crippen LogP contribution is -2.47. The van der Waals surface area contributed by atoms with Gasteiger partial charge in [0.05, 0.1) is 11.1 Å². The lowest BCUT2D eigenvalue weighted by Gasteiger charge is -2.38. The van der Waals surface area contributed by atoms with Crippen molar-refractivity contribution in [2.75, 3.05) is 95.7 Å². The van der Waals surface area contributed by atoms with E-state index in [-0.39, 0.29) is 37.6 Å². The number of hydrogen-bond donors (Lipinski definition) is 2. The van der Waals surface area contributed by atoms with E-state index in [1.807, 2.05) is 70.5 Å². The van der Waals surface area contributed by atoms with Gasteiger partial charge in [0.25, 0.3) is 0 Å². The SMILES string of the molecule is O=C(c1cccc(N2CCN(c3ccc(NCCc4ccccc4)nn3)CC2)c1C(F)(F)F)c1cccc(N2CCN(c3ccc(NCCc4ccccc4)nn3)CC2)c1C(F)(F)F. The van der Waals surface area contributed by atoms with Crippen LogP contribution in [0.15, 0.2) is 121 Å². The molecule has 0 amide bonds. The van der Waals surface area contributed by atoms with Gasteiger partial charge in [0.15, 0.2) is 17.4 Å². The van der Waals surface area contributed by atoms with Gasteiger partial charge in [-0.15, -0.1) is 20.4 Å². The highest BCUT2D eigenvalue weighted by molar-refractivity contribution is 6.12. The molecule has 2 aliphatic heterocycles. The first-order valence-corrected chi connectivity index (χ1v) is 21.1. The van der Waals surface area contributed by atoms with Gasteiger partial charge in [0, 0.05) is 87.9 Å². The van der Waals surface area contributed by atoms with E-state index < -0.39 is 40.4 Å². The van der Waals surface area contributed by atoms with Crippen LogP contribution < -0.4 is 30.2 Å². The molecule has 0 bridgehead atoms. The number of hydrogen-bond acceptors (Lipinski definition) is 11. The Labute approximate surface area is 366 Å². The fourth-order valence-corrected chi connectivity index (χ4v) is 8.22. The quantitative estimate of drug-likeness (QED) is 0.0814. The average molecular weight is 881 g/mol. The van der Waals surface area contributed by atoms with E-state index >= 15 is 26.3 Å². The second-order valence-electron chi connectivity index (χ2n) is 15.6. The molecule has 332 valence electrons. The van der Waals surface area contributed by atoms with Gasteiger partial charge in [-0.2, -0.15) is 26.3 Å². The Morgan fingerprint density at radius 1 is 0.453 bits per heavy atom. The van der Waals surface area contributed by atoms with Crippen molar-refractivity contribution in [3.8, 4) is 0 Å². The van der Waals surface area contributed by atoms with Crippen LogP contribution in [-0.2, 0) is 25.2 Å². The lowest BCUT2D eigenvalue weighted by atomic mass is 9.92. The van der Waals surface area contributed by atoms with Crippen LogP contribution in [0, 0.1) is 0 Å². The van der Waals surface area contributed by atoms with Crippen molar-refractivity contribution < 1.29 is 31.1 Å². The first kappa shape index (κ1) is 43.7. The molecule has 17 heteroatoms. The molecule has 2 N–H and O–H groups in total.